The van der Waals surface area contributed by atoms with Gasteiger partial charge in [0, 0.05) is 31.9 Å². The first-order valence-electron chi connectivity index (χ1n) is 9.01. The van der Waals surface area contributed by atoms with Gasteiger partial charge in [0.25, 0.3) is 0 Å². The lowest BCUT2D eigenvalue weighted by Crippen LogP contribution is -2.57. The molecular weight excluding hydrogens is 316 g/mol. The van der Waals surface area contributed by atoms with Crippen LogP contribution in [-0.4, -0.2) is 49.1 Å². The van der Waals surface area contributed by atoms with Crippen molar-refractivity contribution in [1.82, 2.24) is 10.2 Å². The number of urea groups is 1. The molecule has 3 N–H and O–H groups in total. The molecule has 1 saturated heterocycles. The van der Waals surface area contributed by atoms with E-state index in [1.165, 1.54) is 16.8 Å². The Kier molecular flexibility index (Phi) is 6.28. The Morgan fingerprint density at radius 2 is 1.84 bits per heavy atom. The zero-order valence-corrected chi connectivity index (χ0v) is 15.7. The number of carbonyl (C=O) groups is 2. The second kappa shape index (κ2) is 8.23. The van der Waals surface area contributed by atoms with E-state index in [9.17, 15) is 9.59 Å². The van der Waals surface area contributed by atoms with Crippen molar-refractivity contribution >= 4 is 17.6 Å². The van der Waals surface area contributed by atoms with Gasteiger partial charge in [0.2, 0.25) is 5.91 Å². The Morgan fingerprint density at radius 1 is 1.20 bits per heavy atom. The predicted octanol–water partition coefficient (Wildman–Crippen LogP) is 2.04. The Hall–Kier alpha value is -2.24. The first-order chi connectivity index (χ1) is 11.8. The fraction of sp³-hybridized carbons (Fsp3) is 0.579. The number of piperazine rings is 1. The van der Waals surface area contributed by atoms with Gasteiger partial charge in [-0.1, -0.05) is 32.4 Å². The van der Waals surface area contributed by atoms with Gasteiger partial charge in [-0.05, 0) is 37.0 Å². The third kappa shape index (κ3) is 4.44. The monoisotopic (exact) mass is 346 g/mol. The molecule has 1 fully saturated rings. The Morgan fingerprint density at radius 3 is 2.40 bits per heavy atom. The van der Waals surface area contributed by atoms with Crippen molar-refractivity contribution in [3.63, 3.8) is 0 Å². The van der Waals surface area contributed by atoms with Gasteiger partial charge in [0.05, 0.1) is 0 Å². The molecule has 0 aliphatic carbocycles. The van der Waals surface area contributed by atoms with Crippen LogP contribution in [0.1, 0.15) is 31.4 Å². The highest BCUT2D eigenvalue weighted by atomic mass is 16.2. The van der Waals surface area contributed by atoms with E-state index >= 15 is 0 Å². The number of hydrogen-bond donors (Lipinski definition) is 2. The number of primary amides is 1. The normalized spacial score (nSPS) is 17.1. The maximum absolute atomic E-state index is 12.8. The van der Waals surface area contributed by atoms with Crippen molar-refractivity contribution < 1.29 is 9.59 Å². The minimum absolute atomic E-state index is 0.0336. The summed E-state index contributed by atoms with van der Waals surface area (Å²) in [7, 11) is 0. The van der Waals surface area contributed by atoms with Gasteiger partial charge in [0.15, 0.2) is 0 Å². The van der Waals surface area contributed by atoms with Crippen LogP contribution < -0.4 is 16.0 Å². The summed E-state index contributed by atoms with van der Waals surface area (Å²) < 4.78 is 0. The van der Waals surface area contributed by atoms with Crippen LogP contribution in [0.3, 0.4) is 0 Å². The van der Waals surface area contributed by atoms with Crippen LogP contribution in [0, 0.1) is 19.8 Å². The lowest BCUT2D eigenvalue weighted by molar-refractivity contribution is -0.134. The van der Waals surface area contributed by atoms with Gasteiger partial charge >= 0.3 is 6.03 Å². The number of nitrogens with two attached hydrogens (primary N) is 1. The summed E-state index contributed by atoms with van der Waals surface area (Å²) in [6, 6.07) is 5.13. The highest BCUT2D eigenvalue weighted by Gasteiger charge is 2.31. The molecule has 0 saturated carbocycles. The molecule has 138 valence electrons. The summed E-state index contributed by atoms with van der Waals surface area (Å²) in [5, 5.41) is 2.62. The first kappa shape index (κ1) is 19.1. The molecule has 1 aliphatic heterocycles. The van der Waals surface area contributed by atoms with E-state index in [1.807, 2.05) is 18.7 Å². The van der Waals surface area contributed by atoms with Crippen molar-refractivity contribution in [2.24, 2.45) is 11.7 Å². The lowest BCUT2D eigenvalue weighted by Gasteiger charge is -2.39. The third-order valence-corrected chi connectivity index (χ3v) is 5.28. The molecule has 6 heteroatoms. The number of amides is 3. The van der Waals surface area contributed by atoms with E-state index in [1.54, 1.807) is 0 Å². The molecule has 0 spiro atoms. The smallest absolute Gasteiger partial charge is 0.312 e. The fourth-order valence-electron chi connectivity index (χ4n) is 3.28. The van der Waals surface area contributed by atoms with Gasteiger partial charge in [-0.2, -0.15) is 0 Å². The number of nitrogens with zero attached hydrogens (tertiary/aromatic N) is 2. The van der Waals surface area contributed by atoms with E-state index in [2.05, 4.69) is 42.3 Å². The number of carbonyl (C=O) groups excluding carboxylic acids is 2. The van der Waals surface area contributed by atoms with Gasteiger partial charge in [-0.15, -0.1) is 0 Å². The van der Waals surface area contributed by atoms with Crippen molar-refractivity contribution in [2.75, 3.05) is 31.1 Å². The molecule has 2 rings (SSSR count). The minimum atomic E-state index is -0.646. The highest BCUT2D eigenvalue weighted by Crippen LogP contribution is 2.24. The molecule has 1 heterocycles. The third-order valence-electron chi connectivity index (χ3n) is 5.28. The molecule has 6 nitrogen and oxygen atoms in total. The molecule has 1 aromatic carbocycles. The first-order valence-corrected chi connectivity index (χ1v) is 9.01. The van der Waals surface area contributed by atoms with Crippen LogP contribution in [-0.2, 0) is 4.79 Å². The quantitative estimate of drug-likeness (QED) is 0.856. The molecule has 25 heavy (non-hydrogen) atoms. The summed E-state index contributed by atoms with van der Waals surface area (Å²) in [6.45, 7) is 11.1. The number of rotatable bonds is 5. The van der Waals surface area contributed by atoms with E-state index in [-0.39, 0.29) is 11.8 Å². The molecule has 1 aromatic rings. The molecule has 1 aliphatic rings. The fourth-order valence-corrected chi connectivity index (χ4v) is 3.28. The molecule has 0 radical (unpaired) electrons. The zero-order valence-electron chi connectivity index (χ0n) is 15.7. The molecule has 3 amide bonds. The van der Waals surface area contributed by atoms with Gasteiger partial charge in [0.1, 0.15) is 6.04 Å². The van der Waals surface area contributed by atoms with Crippen molar-refractivity contribution in [2.45, 2.75) is 40.2 Å². The molecule has 2 atom stereocenters. The van der Waals surface area contributed by atoms with E-state index in [0.29, 0.717) is 13.1 Å². The van der Waals surface area contributed by atoms with Crippen LogP contribution in [0.2, 0.25) is 0 Å². The standard InChI is InChI=1S/C19H30N4O2/c1-5-13(2)17(21-19(20)25)18(24)23-11-9-22(10-12-23)16-8-6-7-14(3)15(16)4/h6-8,13,17H,5,9-12H2,1-4H3,(H3,20,21,25)/t13-,17+/m0/s1. The molecule has 0 unspecified atom stereocenters. The second-order valence-corrected chi connectivity index (χ2v) is 6.90. The van der Waals surface area contributed by atoms with Crippen molar-refractivity contribution in [1.29, 1.82) is 0 Å². The van der Waals surface area contributed by atoms with Crippen LogP contribution in [0.5, 0.6) is 0 Å². The average molecular weight is 346 g/mol. The Labute approximate surface area is 150 Å². The highest BCUT2D eigenvalue weighted by molar-refractivity contribution is 5.87. The zero-order chi connectivity index (χ0) is 18.6. The van der Waals surface area contributed by atoms with E-state index in [4.69, 9.17) is 5.73 Å². The Balaban J connectivity index is 2.03. The summed E-state index contributed by atoms with van der Waals surface area (Å²) in [5.74, 6) is 0.0193. The Bertz CT molecular complexity index is 624. The number of anilines is 1. The summed E-state index contributed by atoms with van der Waals surface area (Å²) in [6.07, 6.45) is 0.805. The SMILES string of the molecule is CC[C@H](C)[C@@H](NC(N)=O)C(=O)N1CCN(c2cccc(C)c2C)CC1. The van der Waals surface area contributed by atoms with Gasteiger partial charge in [-0.25, -0.2) is 4.79 Å². The number of nitrogens with one attached hydrogen (secondary N) is 1. The summed E-state index contributed by atoms with van der Waals surface area (Å²) in [4.78, 5) is 28.3. The van der Waals surface area contributed by atoms with E-state index in [0.717, 1.165) is 19.5 Å². The van der Waals surface area contributed by atoms with Crippen LogP contribution in [0.4, 0.5) is 10.5 Å². The van der Waals surface area contributed by atoms with E-state index < -0.39 is 12.1 Å². The predicted molar refractivity (Wildman–Crippen MR) is 101 cm³/mol. The largest absolute Gasteiger partial charge is 0.368 e. The molecule has 0 aromatic heterocycles. The van der Waals surface area contributed by atoms with Gasteiger partial charge < -0.3 is 20.9 Å². The van der Waals surface area contributed by atoms with Crippen molar-refractivity contribution in [3.05, 3.63) is 29.3 Å². The molecule has 0 bridgehead atoms. The lowest BCUT2D eigenvalue weighted by atomic mass is 9.97. The van der Waals surface area contributed by atoms with Gasteiger partial charge in [-0.3, -0.25) is 4.79 Å². The second-order valence-electron chi connectivity index (χ2n) is 6.90. The maximum atomic E-state index is 12.8. The van der Waals surface area contributed by atoms with Crippen LogP contribution >= 0.6 is 0 Å². The van der Waals surface area contributed by atoms with Crippen LogP contribution in [0.15, 0.2) is 18.2 Å². The number of aryl methyl sites for hydroxylation is 1. The minimum Gasteiger partial charge on any atom is -0.368 e. The number of benzene rings is 1. The number of hydrogen-bond acceptors (Lipinski definition) is 3. The summed E-state index contributed by atoms with van der Waals surface area (Å²) in [5.41, 5.74) is 9.05. The summed E-state index contributed by atoms with van der Waals surface area (Å²) >= 11 is 0. The van der Waals surface area contributed by atoms with Crippen molar-refractivity contribution in [3.8, 4) is 0 Å². The topological polar surface area (TPSA) is 78.7 Å². The molecular formula is C19H30N4O2. The van der Waals surface area contributed by atoms with Crippen LogP contribution in [0.25, 0.3) is 0 Å². The average Bonchev–Trinajstić information content (AvgIpc) is 2.61. The maximum Gasteiger partial charge on any atom is 0.312 e.